The van der Waals surface area contributed by atoms with Crippen LogP contribution in [0.4, 0.5) is 10.1 Å². The molecule has 0 saturated carbocycles. The zero-order valence-electron chi connectivity index (χ0n) is 23.3. The fraction of sp³-hybridized carbons (Fsp3) is 0.333. The quantitative estimate of drug-likeness (QED) is 0.349. The minimum absolute atomic E-state index is 0.212. The lowest BCUT2D eigenvalue weighted by Crippen LogP contribution is -2.48. The Labute approximate surface area is 240 Å². The van der Waals surface area contributed by atoms with Crippen LogP contribution in [0.1, 0.15) is 15.9 Å². The smallest absolute Gasteiger partial charge is 0.252 e. The number of nitrogens with zero attached hydrogens (tertiary/aromatic N) is 4. The second kappa shape index (κ2) is 12.8. The summed E-state index contributed by atoms with van der Waals surface area (Å²) in [7, 11) is 0. The van der Waals surface area contributed by atoms with E-state index in [9.17, 15) is 9.18 Å². The molecule has 3 heterocycles. The van der Waals surface area contributed by atoms with Crippen LogP contribution in [-0.2, 0) is 11.3 Å². The van der Waals surface area contributed by atoms with E-state index in [1.807, 2.05) is 18.2 Å². The van der Waals surface area contributed by atoms with E-state index >= 15 is 0 Å². The van der Waals surface area contributed by atoms with Crippen LogP contribution in [0.2, 0.25) is 0 Å². The summed E-state index contributed by atoms with van der Waals surface area (Å²) >= 11 is 0. The van der Waals surface area contributed by atoms with E-state index in [0.717, 1.165) is 71.1 Å². The third kappa shape index (κ3) is 6.73. The molecule has 0 radical (unpaired) electrons. The Kier molecular flexibility index (Phi) is 8.51. The summed E-state index contributed by atoms with van der Waals surface area (Å²) in [6, 6.07) is 25.0. The van der Waals surface area contributed by atoms with E-state index in [-0.39, 0.29) is 11.7 Å². The second-order valence-corrected chi connectivity index (χ2v) is 10.7. The molecule has 212 valence electrons. The number of fused-ring (bicyclic) bond motifs is 1. The van der Waals surface area contributed by atoms with Crippen LogP contribution in [-0.4, -0.2) is 86.3 Å². The number of carbonyl (C=O) groups is 1. The highest BCUT2D eigenvalue weighted by molar-refractivity contribution is 6.07. The molecule has 41 heavy (non-hydrogen) atoms. The monoisotopic (exact) mass is 553 g/mol. The van der Waals surface area contributed by atoms with Crippen LogP contribution in [0.25, 0.3) is 22.2 Å². The number of anilines is 1. The summed E-state index contributed by atoms with van der Waals surface area (Å²) < 4.78 is 19.7. The first-order chi connectivity index (χ1) is 20.1. The van der Waals surface area contributed by atoms with Crippen molar-refractivity contribution in [3.63, 3.8) is 0 Å². The van der Waals surface area contributed by atoms with Crippen molar-refractivity contribution in [2.45, 2.75) is 6.54 Å². The summed E-state index contributed by atoms with van der Waals surface area (Å²) in [4.78, 5) is 25.3. The molecule has 3 aromatic carbocycles. The highest BCUT2D eigenvalue weighted by Gasteiger charge is 2.19. The van der Waals surface area contributed by atoms with Gasteiger partial charge in [0.1, 0.15) is 5.82 Å². The van der Waals surface area contributed by atoms with Crippen molar-refractivity contribution in [3.8, 4) is 11.3 Å². The number of para-hydroxylation sites is 1. The van der Waals surface area contributed by atoms with Gasteiger partial charge in [0.25, 0.3) is 5.91 Å². The number of aromatic nitrogens is 1. The molecule has 2 aliphatic rings. The number of rotatable bonds is 8. The number of ether oxygens (including phenoxy) is 1. The maximum absolute atomic E-state index is 14.2. The first kappa shape index (κ1) is 27.3. The van der Waals surface area contributed by atoms with Crippen LogP contribution in [0.5, 0.6) is 0 Å². The van der Waals surface area contributed by atoms with E-state index < -0.39 is 0 Å². The standard InChI is InChI=1S/C33H36FN5O2/c34-27-10-11-31-29(22-27)30(23-32(36-31)26-8-6-25(7-9-26)24-38-18-20-41-21-19-38)33(40)35-12-13-37-14-16-39(17-15-37)28-4-2-1-3-5-28/h1-11,22-23H,12-21,24H2,(H,35,40). The van der Waals surface area contributed by atoms with Crippen LogP contribution < -0.4 is 10.2 Å². The maximum atomic E-state index is 14.2. The van der Waals surface area contributed by atoms with Crippen molar-refractivity contribution in [2.24, 2.45) is 0 Å². The molecule has 6 rings (SSSR count). The Bertz CT molecular complexity index is 1470. The number of carbonyl (C=O) groups excluding carboxylic acids is 1. The number of nitrogens with one attached hydrogen (secondary N) is 1. The molecule has 4 aromatic rings. The zero-order chi connectivity index (χ0) is 28.0. The van der Waals surface area contributed by atoms with E-state index in [1.165, 1.54) is 23.4 Å². The second-order valence-electron chi connectivity index (χ2n) is 10.7. The molecule has 1 aromatic heterocycles. The number of hydrogen-bond donors (Lipinski definition) is 1. The van der Waals surface area contributed by atoms with Gasteiger partial charge in [-0.15, -0.1) is 0 Å². The molecule has 0 unspecified atom stereocenters. The summed E-state index contributed by atoms with van der Waals surface area (Å²) in [5.41, 5.74) is 5.14. The van der Waals surface area contributed by atoms with Gasteiger partial charge in [0.15, 0.2) is 0 Å². The Morgan fingerprint density at radius 2 is 1.61 bits per heavy atom. The first-order valence-electron chi connectivity index (χ1n) is 14.4. The van der Waals surface area contributed by atoms with Crippen LogP contribution in [0.15, 0.2) is 78.9 Å². The molecule has 2 aliphatic heterocycles. The summed E-state index contributed by atoms with van der Waals surface area (Å²) in [6.07, 6.45) is 0. The number of hydrogen-bond acceptors (Lipinski definition) is 6. The van der Waals surface area contributed by atoms with Crippen molar-refractivity contribution in [1.82, 2.24) is 20.1 Å². The molecule has 0 spiro atoms. The van der Waals surface area contributed by atoms with Crippen LogP contribution in [0.3, 0.4) is 0 Å². The maximum Gasteiger partial charge on any atom is 0.252 e. The zero-order valence-corrected chi connectivity index (χ0v) is 23.3. The number of halogens is 1. The van der Waals surface area contributed by atoms with E-state index in [0.29, 0.717) is 28.7 Å². The van der Waals surface area contributed by atoms with Gasteiger partial charge in [-0.05, 0) is 42.0 Å². The van der Waals surface area contributed by atoms with Crippen molar-refractivity contribution in [1.29, 1.82) is 0 Å². The first-order valence-corrected chi connectivity index (χ1v) is 14.4. The van der Waals surface area contributed by atoms with Crippen LogP contribution >= 0.6 is 0 Å². The molecule has 8 heteroatoms. The summed E-state index contributed by atoms with van der Waals surface area (Å²) in [5.74, 6) is -0.596. The molecular formula is C33H36FN5O2. The Balaban J connectivity index is 1.11. The predicted octanol–water partition coefficient (Wildman–Crippen LogP) is 4.43. The highest BCUT2D eigenvalue weighted by Crippen LogP contribution is 2.26. The number of piperazine rings is 1. The Morgan fingerprint density at radius 3 is 2.37 bits per heavy atom. The number of morpholine rings is 1. The fourth-order valence-corrected chi connectivity index (χ4v) is 5.62. The fourth-order valence-electron chi connectivity index (χ4n) is 5.62. The molecule has 1 amide bonds. The molecule has 0 bridgehead atoms. The lowest BCUT2D eigenvalue weighted by molar-refractivity contribution is 0.0342. The topological polar surface area (TPSA) is 60.9 Å². The van der Waals surface area contributed by atoms with Gasteiger partial charge in [-0.2, -0.15) is 0 Å². The third-order valence-corrected chi connectivity index (χ3v) is 7.98. The lowest BCUT2D eigenvalue weighted by atomic mass is 10.0. The largest absolute Gasteiger partial charge is 0.379 e. The molecule has 1 N–H and O–H groups in total. The average Bonchev–Trinajstić information content (AvgIpc) is 3.02. The van der Waals surface area contributed by atoms with Crippen molar-refractivity contribution in [3.05, 3.63) is 95.8 Å². The van der Waals surface area contributed by atoms with Crippen molar-refractivity contribution in [2.75, 3.05) is 70.5 Å². The van der Waals surface area contributed by atoms with Gasteiger partial charge < -0.3 is 15.0 Å². The van der Waals surface area contributed by atoms with Gasteiger partial charge >= 0.3 is 0 Å². The number of amides is 1. The van der Waals surface area contributed by atoms with Gasteiger partial charge in [-0.1, -0.05) is 42.5 Å². The summed E-state index contributed by atoms with van der Waals surface area (Å²) in [6.45, 7) is 9.40. The van der Waals surface area contributed by atoms with E-state index in [4.69, 9.17) is 9.72 Å². The molecule has 0 aliphatic carbocycles. The minimum atomic E-state index is -0.384. The molecule has 0 atom stereocenters. The SMILES string of the molecule is O=C(NCCN1CCN(c2ccccc2)CC1)c1cc(-c2ccc(CN3CCOCC3)cc2)nc2ccc(F)cc12. The van der Waals surface area contributed by atoms with Gasteiger partial charge in [0.05, 0.1) is 30.0 Å². The van der Waals surface area contributed by atoms with E-state index in [1.54, 1.807) is 12.1 Å². The van der Waals surface area contributed by atoms with Crippen molar-refractivity contribution < 1.29 is 13.9 Å². The number of benzene rings is 3. The Hall–Kier alpha value is -3.85. The Morgan fingerprint density at radius 1 is 0.854 bits per heavy atom. The lowest BCUT2D eigenvalue weighted by Gasteiger charge is -2.36. The molecule has 7 nitrogen and oxygen atoms in total. The van der Waals surface area contributed by atoms with Gasteiger partial charge in [-0.25, -0.2) is 9.37 Å². The van der Waals surface area contributed by atoms with Gasteiger partial charge in [0, 0.05) is 75.5 Å². The molecule has 2 saturated heterocycles. The van der Waals surface area contributed by atoms with Gasteiger partial charge in [0.2, 0.25) is 0 Å². The highest BCUT2D eigenvalue weighted by atomic mass is 19.1. The van der Waals surface area contributed by atoms with Crippen LogP contribution in [0, 0.1) is 5.82 Å². The minimum Gasteiger partial charge on any atom is -0.379 e. The van der Waals surface area contributed by atoms with Gasteiger partial charge in [-0.3, -0.25) is 14.6 Å². The predicted molar refractivity (Wildman–Crippen MR) is 161 cm³/mol. The summed E-state index contributed by atoms with van der Waals surface area (Å²) in [5, 5.41) is 3.59. The third-order valence-electron chi connectivity index (χ3n) is 7.98. The normalized spacial score (nSPS) is 16.7. The molecule has 2 fully saturated rings. The molecular weight excluding hydrogens is 517 g/mol. The van der Waals surface area contributed by atoms with E-state index in [2.05, 4.69) is 56.4 Å². The number of pyridine rings is 1. The average molecular weight is 554 g/mol. The van der Waals surface area contributed by atoms with Crippen molar-refractivity contribution >= 4 is 22.5 Å².